The number of aromatic nitrogens is 4. The van der Waals surface area contributed by atoms with E-state index in [1.807, 2.05) is 13.8 Å². The molecule has 4 heterocycles. The summed E-state index contributed by atoms with van der Waals surface area (Å²) < 4.78 is 23.1. The lowest BCUT2D eigenvalue weighted by atomic mass is 9.97. The minimum absolute atomic E-state index is 0.00363. The van der Waals surface area contributed by atoms with E-state index in [0.29, 0.717) is 6.42 Å². The van der Waals surface area contributed by atoms with Gasteiger partial charge in [-0.2, -0.15) is 15.0 Å². The fraction of sp³-hybridized carbons (Fsp3) is 0.704. The molecule has 0 unspecified atom stereocenters. The predicted octanol–water partition coefficient (Wildman–Crippen LogP) is 4.57. The van der Waals surface area contributed by atoms with E-state index >= 15 is 0 Å². The van der Waals surface area contributed by atoms with Crippen LogP contribution in [0.2, 0.25) is 26.0 Å². The van der Waals surface area contributed by atoms with Crippen LogP contribution in [0, 0.1) is 38.0 Å². The van der Waals surface area contributed by atoms with Crippen LogP contribution in [0.15, 0.2) is 0 Å². The number of nitrogens with two attached hydrogens (primary N) is 1. The first kappa shape index (κ1) is 39.9. The largest absolute Gasteiger partial charge is 0.396 e. The van der Waals surface area contributed by atoms with Gasteiger partial charge in [-0.05, 0) is 69.7 Å². The average molecular weight is 794 g/mol. The normalized spacial score (nSPS) is 30.4. The van der Waals surface area contributed by atoms with Gasteiger partial charge in [0.15, 0.2) is 11.6 Å². The van der Waals surface area contributed by atoms with Gasteiger partial charge in [0.25, 0.3) is 0 Å². The molecule has 2 aliphatic carbocycles. The molecule has 4 aliphatic rings. The van der Waals surface area contributed by atoms with E-state index in [0.717, 1.165) is 6.42 Å². The van der Waals surface area contributed by atoms with Gasteiger partial charge in [-0.1, -0.05) is 34.8 Å². The molecule has 2 aliphatic heterocycles. The number of hydrogen-bond donors (Lipinski definition) is 3. The third-order valence-electron chi connectivity index (χ3n) is 8.27. The van der Waals surface area contributed by atoms with Crippen LogP contribution >= 0.6 is 58.0 Å². The van der Waals surface area contributed by atoms with E-state index in [1.165, 1.54) is 0 Å². The Kier molecular flexibility index (Phi) is 12.9. The summed E-state index contributed by atoms with van der Waals surface area (Å²) in [7, 11) is 0. The number of nitrogens with zero attached hydrogens (tertiary/aromatic N) is 6. The van der Waals surface area contributed by atoms with Crippen LogP contribution in [0.25, 0.3) is 0 Å². The van der Waals surface area contributed by atoms with E-state index in [1.54, 1.807) is 13.8 Å². The fourth-order valence-corrected chi connectivity index (χ4v) is 7.70. The number of aliphatic hydroxyl groups excluding tert-OH is 2. The fourth-order valence-electron chi connectivity index (χ4n) is 6.43. The van der Waals surface area contributed by atoms with Gasteiger partial charge in [-0.3, -0.25) is 20.2 Å². The summed E-state index contributed by atoms with van der Waals surface area (Å²) in [5, 5.41) is 38.9. The number of fused-ring (bicyclic) bond motifs is 2. The third kappa shape index (κ3) is 9.33. The van der Waals surface area contributed by atoms with Crippen LogP contribution in [0.1, 0.15) is 46.2 Å². The van der Waals surface area contributed by atoms with Gasteiger partial charge in [-0.25, -0.2) is 4.98 Å². The van der Waals surface area contributed by atoms with Crippen molar-refractivity contribution in [3.63, 3.8) is 0 Å². The molecule has 2 aromatic heterocycles. The highest BCUT2D eigenvalue weighted by Crippen LogP contribution is 2.46. The number of halogens is 5. The minimum Gasteiger partial charge on any atom is -0.396 e. The Bertz CT molecular complexity index is 1540. The molecular weight excluding hydrogens is 760 g/mol. The zero-order valence-electron chi connectivity index (χ0n) is 26.5. The molecule has 17 nitrogen and oxygen atoms in total. The summed E-state index contributed by atoms with van der Waals surface area (Å²) in [5.74, 6) is -1.35. The van der Waals surface area contributed by atoms with Crippen molar-refractivity contribution < 1.29 is 39.0 Å². The molecule has 0 bridgehead atoms. The predicted molar refractivity (Wildman–Crippen MR) is 176 cm³/mol. The molecule has 2 aromatic rings. The molecule has 0 spiro atoms. The Morgan fingerprint density at radius 3 is 1.55 bits per heavy atom. The van der Waals surface area contributed by atoms with E-state index in [9.17, 15) is 25.3 Å². The van der Waals surface area contributed by atoms with Gasteiger partial charge in [0.2, 0.25) is 26.0 Å². The van der Waals surface area contributed by atoms with Crippen LogP contribution in [0.5, 0.6) is 0 Å². The van der Waals surface area contributed by atoms with E-state index in [-0.39, 0.29) is 105 Å². The summed E-state index contributed by atoms with van der Waals surface area (Å²) in [6, 6.07) is 0.00363. The van der Waals surface area contributed by atoms with E-state index < -0.39 is 27.1 Å². The van der Waals surface area contributed by atoms with Crippen molar-refractivity contribution in [2.45, 2.75) is 89.0 Å². The summed E-state index contributed by atoms with van der Waals surface area (Å²) in [6.45, 7) is 7.47. The number of aliphatic hydroxyl groups is 2. The van der Waals surface area contributed by atoms with Crippen molar-refractivity contribution in [1.29, 1.82) is 0 Å². The lowest BCUT2D eigenvalue weighted by Crippen LogP contribution is -2.34. The van der Waals surface area contributed by atoms with E-state index in [2.05, 4.69) is 19.9 Å². The van der Waals surface area contributed by atoms with Gasteiger partial charge in [0.05, 0.1) is 28.2 Å². The maximum absolute atomic E-state index is 11.3. The van der Waals surface area contributed by atoms with Crippen LogP contribution in [-0.4, -0.2) is 95.2 Å². The SMILES string of the molecule is CC1(C)O[C@@H]2[C@@H](CO)C[C@@H](Cc3nc(Cl)nc(Cl)c3[N+](=O)[O-])[C@@H]2O1.CC1(C)O[C@@H]2[C@@H](CO)C[C@@H](N)[C@@H]2O1.O=[N+]([O-])c1c(Cl)nc(Cl)nc1Cl. The summed E-state index contributed by atoms with van der Waals surface area (Å²) >= 11 is 27.7. The highest BCUT2D eigenvalue weighted by Gasteiger charge is 2.54. The topological polar surface area (TPSA) is 241 Å². The monoisotopic (exact) mass is 791 g/mol. The standard InChI is InChI=1S/C14H17Cl2N3O5.C9H17NO3.C4Cl3N3O2/c1-14(2)23-10-6(3-7(5-20)11(10)24-14)4-8-9(19(21)22)12(15)18-13(16)17-8;1-9(2)12-7-5(4-11)3-6(10)8(7)13-9;5-2-1(10(11)12)3(6)9-4(7)8-2/h6-7,10-11,20H,3-5H2,1-2H3;5-8,11H,3-4,10H2,1-2H3;/t6-,7+,10-,11+;5-,6-,7-,8+;/m01./s1. The smallest absolute Gasteiger partial charge is 0.343 e. The van der Waals surface area contributed by atoms with Crippen molar-refractivity contribution in [1.82, 2.24) is 19.9 Å². The quantitative estimate of drug-likeness (QED) is 0.157. The van der Waals surface area contributed by atoms with Crippen molar-refractivity contribution in [3.05, 3.63) is 51.9 Å². The Hall–Kier alpha value is -1.87. The van der Waals surface area contributed by atoms with Gasteiger partial charge < -0.3 is 34.9 Å². The lowest BCUT2D eigenvalue weighted by Gasteiger charge is -2.22. The van der Waals surface area contributed by atoms with Crippen LogP contribution < -0.4 is 5.73 Å². The second-order valence-corrected chi connectivity index (χ2v) is 14.4. The van der Waals surface area contributed by atoms with E-state index in [4.69, 9.17) is 87.8 Å². The van der Waals surface area contributed by atoms with Crippen molar-refractivity contribution in [3.8, 4) is 0 Å². The maximum atomic E-state index is 11.3. The van der Waals surface area contributed by atoms with Gasteiger partial charge in [-0.15, -0.1) is 0 Å². The average Bonchev–Trinajstić information content (AvgIpc) is 3.65. The Balaban J connectivity index is 0.000000182. The molecule has 0 radical (unpaired) electrons. The molecule has 4 N–H and O–H groups in total. The minimum atomic E-state index is -0.777. The van der Waals surface area contributed by atoms with Crippen LogP contribution in [0.3, 0.4) is 0 Å². The Labute approximate surface area is 304 Å². The second-order valence-electron chi connectivity index (χ2n) is 12.6. The molecular formula is C27H34Cl5N7O10. The Morgan fingerprint density at radius 2 is 1.08 bits per heavy atom. The molecule has 49 heavy (non-hydrogen) atoms. The molecule has 4 fully saturated rings. The highest BCUT2D eigenvalue weighted by atomic mass is 35.5. The van der Waals surface area contributed by atoms with Crippen molar-refractivity contribution in [2.75, 3.05) is 13.2 Å². The first-order chi connectivity index (χ1) is 22.8. The summed E-state index contributed by atoms with van der Waals surface area (Å²) in [4.78, 5) is 34.5. The third-order valence-corrected chi connectivity index (χ3v) is 9.40. The molecule has 22 heteroatoms. The molecule has 0 amide bonds. The van der Waals surface area contributed by atoms with Gasteiger partial charge in [0.1, 0.15) is 11.8 Å². The molecule has 2 saturated heterocycles. The number of rotatable bonds is 6. The van der Waals surface area contributed by atoms with Crippen molar-refractivity contribution >= 4 is 69.4 Å². The first-order valence-electron chi connectivity index (χ1n) is 14.8. The van der Waals surface area contributed by atoms with Crippen molar-refractivity contribution in [2.24, 2.45) is 23.5 Å². The van der Waals surface area contributed by atoms with Gasteiger partial charge in [0, 0.05) is 37.5 Å². The molecule has 0 aromatic carbocycles. The number of nitro groups is 2. The maximum Gasteiger partial charge on any atom is 0.343 e. The molecule has 8 atom stereocenters. The molecule has 6 rings (SSSR count). The Morgan fingerprint density at radius 1 is 0.694 bits per heavy atom. The summed E-state index contributed by atoms with van der Waals surface area (Å²) in [6.07, 6.45) is 1.07. The first-order valence-corrected chi connectivity index (χ1v) is 16.7. The van der Waals surface area contributed by atoms with Crippen LogP contribution in [0.4, 0.5) is 11.4 Å². The second kappa shape index (κ2) is 15.8. The number of hydrogen-bond acceptors (Lipinski definition) is 15. The number of ether oxygens (including phenoxy) is 4. The molecule has 2 saturated carbocycles. The summed E-state index contributed by atoms with van der Waals surface area (Å²) in [5.41, 5.74) is 5.17. The van der Waals surface area contributed by atoms with Gasteiger partial charge >= 0.3 is 11.4 Å². The highest BCUT2D eigenvalue weighted by molar-refractivity contribution is 6.38. The molecule has 272 valence electrons. The lowest BCUT2D eigenvalue weighted by molar-refractivity contribution is -0.386. The zero-order chi connectivity index (χ0) is 36.6. The zero-order valence-corrected chi connectivity index (χ0v) is 30.2. The van der Waals surface area contributed by atoms with Crippen LogP contribution in [-0.2, 0) is 25.4 Å².